The summed E-state index contributed by atoms with van der Waals surface area (Å²) in [4.78, 5) is 14.8. The van der Waals surface area contributed by atoms with E-state index < -0.39 is 0 Å². The van der Waals surface area contributed by atoms with Crippen molar-refractivity contribution in [2.75, 3.05) is 0 Å². The average molecular weight is 740 g/mol. The van der Waals surface area contributed by atoms with Gasteiger partial charge in [-0.05, 0) is 103 Å². The van der Waals surface area contributed by atoms with E-state index in [0.29, 0.717) is 17.5 Å². The van der Waals surface area contributed by atoms with Gasteiger partial charge in [-0.3, -0.25) is 0 Å². The van der Waals surface area contributed by atoms with E-state index >= 15 is 0 Å². The smallest absolute Gasteiger partial charge is 0.164 e. The Labute approximate surface area is 338 Å². The largest absolute Gasteiger partial charge is 0.208 e. The maximum absolute atomic E-state index is 4.98. The highest BCUT2D eigenvalue weighted by Crippen LogP contribution is 2.38. The molecule has 0 aliphatic heterocycles. The van der Waals surface area contributed by atoms with E-state index in [1.165, 1.54) is 44.2 Å². The zero-order valence-corrected chi connectivity index (χ0v) is 31.7. The lowest BCUT2D eigenvalue weighted by atomic mass is 9.90. The van der Waals surface area contributed by atoms with Crippen LogP contribution in [0.5, 0.6) is 0 Å². The summed E-state index contributed by atoms with van der Waals surface area (Å²) in [5, 5.41) is 2.49. The molecule has 10 rings (SSSR count). The highest BCUT2D eigenvalue weighted by Gasteiger charge is 2.14. The van der Waals surface area contributed by atoms with Crippen molar-refractivity contribution >= 4 is 10.8 Å². The number of benzene rings is 9. The first-order chi connectivity index (χ1) is 28.7. The van der Waals surface area contributed by atoms with E-state index in [-0.39, 0.29) is 0 Å². The highest BCUT2D eigenvalue weighted by molar-refractivity contribution is 5.98. The van der Waals surface area contributed by atoms with Crippen molar-refractivity contribution in [2.24, 2.45) is 0 Å². The van der Waals surface area contributed by atoms with E-state index in [2.05, 4.69) is 164 Å². The van der Waals surface area contributed by atoms with Gasteiger partial charge < -0.3 is 0 Å². The molecule has 1 aromatic heterocycles. The quantitative estimate of drug-likeness (QED) is 0.156. The summed E-state index contributed by atoms with van der Waals surface area (Å²) in [6, 6.07) is 79.2. The van der Waals surface area contributed by atoms with E-state index in [0.717, 1.165) is 38.9 Å². The van der Waals surface area contributed by atoms with Crippen LogP contribution >= 0.6 is 0 Å². The molecule has 272 valence electrons. The molecule has 0 unspecified atom stereocenters. The topological polar surface area (TPSA) is 38.7 Å². The fourth-order valence-corrected chi connectivity index (χ4v) is 7.76. The van der Waals surface area contributed by atoms with Gasteiger partial charge >= 0.3 is 0 Å². The summed E-state index contributed by atoms with van der Waals surface area (Å²) in [6.07, 6.45) is 0. The van der Waals surface area contributed by atoms with Gasteiger partial charge in [0, 0.05) is 16.7 Å². The Morgan fingerprint density at radius 2 is 0.534 bits per heavy atom. The molecule has 0 amide bonds. The standard InChI is InChI=1S/C55H37N3/c1-4-16-38(17-5-1)48-35-49(37-50(36-48)52-31-15-23-39-18-10-11-30-51(39)52)46-28-13-26-44(33-46)42-24-12-25-43(32-42)45-27-14-29-47(34-45)55-57-53(40-19-6-2-7-20-40)56-54(58-55)41-21-8-3-9-22-41/h1-37H. The second-order valence-corrected chi connectivity index (χ2v) is 14.5. The second-order valence-electron chi connectivity index (χ2n) is 14.5. The molecule has 9 aromatic carbocycles. The maximum atomic E-state index is 4.98. The van der Waals surface area contributed by atoms with Gasteiger partial charge in [0.15, 0.2) is 17.5 Å². The monoisotopic (exact) mass is 739 g/mol. The van der Waals surface area contributed by atoms with Crippen molar-refractivity contribution in [1.82, 2.24) is 15.0 Å². The highest BCUT2D eigenvalue weighted by atomic mass is 15.0. The Kier molecular flexibility index (Phi) is 9.23. The van der Waals surface area contributed by atoms with Crippen LogP contribution in [0, 0.1) is 0 Å². The predicted molar refractivity (Wildman–Crippen MR) is 241 cm³/mol. The summed E-state index contributed by atoms with van der Waals surface area (Å²) in [7, 11) is 0. The van der Waals surface area contributed by atoms with Crippen molar-refractivity contribution in [3.63, 3.8) is 0 Å². The Balaban J connectivity index is 1.02. The third-order valence-corrected chi connectivity index (χ3v) is 10.7. The molecule has 58 heavy (non-hydrogen) atoms. The minimum absolute atomic E-state index is 0.638. The Morgan fingerprint density at radius 1 is 0.207 bits per heavy atom. The fourth-order valence-electron chi connectivity index (χ4n) is 7.76. The minimum Gasteiger partial charge on any atom is -0.208 e. The number of fused-ring (bicyclic) bond motifs is 1. The van der Waals surface area contributed by atoms with Crippen LogP contribution in [0.25, 0.3) is 101 Å². The third-order valence-electron chi connectivity index (χ3n) is 10.7. The molecule has 0 fully saturated rings. The normalized spacial score (nSPS) is 11.1. The van der Waals surface area contributed by atoms with Crippen LogP contribution in [0.2, 0.25) is 0 Å². The molecular weight excluding hydrogens is 703 g/mol. The van der Waals surface area contributed by atoms with Crippen molar-refractivity contribution in [3.05, 3.63) is 224 Å². The van der Waals surface area contributed by atoms with E-state index in [1.807, 2.05) is 60.7 Å². The van der Waals surface area contributed by atoms with Gasteiger partial charge in [0.25, 0.3) is 0 Å². The number of rotatable bonds is 8. The van der Waals surface area contributed by atoms with Crippen LogP contribution in [0.3, 0.4) is 0 Å². The molecule has 3 nitrogen and oxygen atoms in total. The van der Waals surface area contributed by atoms with Gasteiger partial charge in [-0.2, -0.15) is 0 Å². The molecule has 0 aliphatic rings. The molecule has 0 saturated heterocycles. The lowest BCUT2D eigenvalue weighted by Crippen LogP contribution is -2.00. The molecule has 1 heterocycles. The van der Waals surface area contributed by atoms with Crippen molar-refractivity contribution in [3.8, 4) is 89.8 Å². The SMILES string of the molecule is c1ccc(-c2cc(-c3cccc(-c4cccc(-c5cccc(-c6nc(-c7ccccc7)nc(-c7ccccc7)n6)c5)c4)c3)cc(-c3cccc4ccccc34)c2)cc1. The van der Waals surface area contributed by atoms with E-state index in [4.69, 9.17) is 15.0 Å². The first-order valence-corrected chi connectivity index (χ1v) is 19.6. The zero-order valence-electron chi connectivity index (χ0n) is 31.7. The molecular formula is C55H37N3. The van der Waals surface area contributed by atoms with Gasteiger partial charge in [0.2, 0.25) is 0 Å². The molecule has 0 aliphatic carbocycles. The summed E-state index contributed by atoms with van der Waals surface area (Å²) in [5.74, 6) is 1.93. The first kappa shape index (κ1) is 34.7. The Hall–Kier alpha value is -7.75. The third kappa shape index (κ3) is 7.09. The van der Waals surface area contributed by atoms with Gasteiger partial charge in [-0.15, -0.1) is 0 Å². The van der Waals surface area contributed by atoms with E-state index in [9.17, 15) is 0 Å². The van der Waals surface area contributed by atoms with Crippen LogP contribution in [0.15, 0.2) is 224 Å². The number of nitrogens with zero attached hydrogens (tertiary/aromatic N) is 3. The van der Waals surface area contributed by atoms with Crippen molar-refractivity contribution < 1.29 is 0 Å². The molecule has 0 N–H and O–H groups in total. The average Bonchev–Trinajstić information content (AvgIpc) is 3.32. The lowest BCUT2D eigenvalue weighted by molar-refractivity contribution is 1.07. The summed E-state index contributed by atoms with van der Waals surface area (Å²) in [6.45, 7) is 0. The molecule has 3 heteroatoms. The first-order valence-electron chi connectivity index (χ1n) is 19.6. The molecule has 0 bridgehead atoms. The van der Waals surface area contributed by atoms with Crippen LogP contribution in [-0.4, -0.2) is 15.0 Å². The van der Waals surface area contributed by atoms with Crippen molar-refractivity contribution in [2.45, 2.75) is 0 Å². The second kappa shape index (κ2) is 15.4. The van der Waals surface area contributed by atoms with Crippen LogP contribution in [0.1, 0.15) is 0 Å². The number of hydrogen-bond donors (Lipinski definition) is 0. The molecule has 0 saturated carbocycles. The van der Waals surface area contributed by atoms with Gasteiger partial charge in [0.05, 0.1) is 0 Å². The lowest BCUT2D eigenvalue weighted by Gasteiger charge is -2.14. The van der Waals surface area contributed by atoms with Crippen LogP contribution in [0.4, 0.5) is 0 Å². The summed E-state index contributed by atoms with van der Waals surface area (Å²) >= 11 is 0. The minimum atomic E-state index is 0.638. The number of hydrogen-bond acceptors (Lipinski definition) is 3. The molecule has 0 atom stereocenters. The molecule has 10 aromatic rings. The zero-order chi connectivity index (χ0) is 38.7. The van der Waals surface area contributed by atoms with E-state index in [1.54, 1.807) is 0 Å². The summed E-state index contributed by atoms with van der Waals surface area (Å²) in [5.41, 5.74) is 14.5. The Morgan fingerprint density at radius 3 is 1.09 bits per heavy atom. The van der Waals surface area contributed by atoms with Crippen LogP contribution in [-0.2, 0) is 0 Å². The van der Waals surface area contributed by atoms with Gasteiger partial charge in [-0.1, -0.05) is 188 Å². The predicted octanol–water partition coefficient (Wildman–Crippen LogP) is 14.4. The van der Waals surface area contributed by atoms with Crippen molar-refractivity contribution in [1.29, 1.82) is 0 Å². The molecule has 0 radical (unpaired) electrons. The molecule has 0 spiro atoms. The maximum Gasteiger partial charge on any atom is 0.164 e. The number of aromatic nitrogens is 3. The Bertz CT molecular complexity index is 2980. The fraction of sp³-hybridized carbons (Fsp3) is 0. The summed E-state index contributed by atoms with van der Waals surface area (Å²) < 4.78 is 0. The van der Waals surface area contributed by atoms with Gasteiger partial charge in [-0.25, -0.2) is 15.0 Å². The van der Waals surface area contributed by atoms with Gasteiger partial charge in [0.1, 0.15) is 0 Å². The van der Waals surface area contributed by atoms with Crippen LogP contribution < -0.4 is 0 Å².